The van der Waals surface area contributed by atoms with Gasteiger partial charge >= 0.3 is 0 Å². The Bertz CT molecular complexity index is 311. The highest BCUT2D eigenvalue weighted by molar-refractivity contribution is 5.74. The third kappa shape index (κ3) is 2.90. The second kappa shape index (κ2) is 5.01. The van der Waals surface area contributed by atoms with Crippen LogP contribution in [0, 0.1) is 0 Å². The fraction of sp³-hybridized carbons (Fsp3) is 0.200. The quantitative estimate of drug-likeness (QED) is 0.563. The molecule has 0 saturated carbocycles. The standard InChI is InChI=1S/C10H12N2O2/c1-9(14)12(11-8-13)7-10-5-3-2-4-6-10/h2-6,8H,7H2,1H3,(H,11,13). The monoisotopic (exact) mass is 192 g/mol. The van der Waals surface area contributed by atoms with Crippen molar-refractivity contribution >= 4 is 12.3 Å². The molecule has 74 valence electrons. The molecule has 0 spiro atoms. The summed E-state index contributed by atoms with van der Waals surface area (Å²) in [6.07, 6.45) is 0.490. The molecular formula is C10H12N2O2. The second-order valence-corrected chi connectivity index (χ2v) is 2.84. The smallest absolute Gasteiger partial charge is 0.238 e. The van der Waals surface area contributed by atoms with Crippen LogP contribution < -0.4 is 5.43 Å². The van der Waals surface area contributed by atoms with E-state index in [1.165, 1.54) is 11.9 Å². The molecule has 0 radical (unpaired) electrons. The number of hydrogen-bond donors (Lipinski definition) is 1. The lowest BCUT2D eigenvalue weighted by Gasteiger charge is -2.18. The fourth-order valence-corrected chi connectivity index (χ4v) is 1.08. The number of benzene rings is 1. The summed E-state index contributed by atoms with van der Waals surface area (Å²) >= 11 is 0. The molecular weight excluding hydrogens is 180 g/mol. The molecule has 0 heterocycles. The first-order valence-electron chi connectivity index (χ1n) is 4.26. The van der Waals surface area contributed by atoms with Gasteiger partial charge < -0.3 is 0 Å². The molecule has 14 heavy (non-hydrogen) atoms. The van der Waals surface area contributed by atoms with E-state index in [0.717, 1.165) is 5.56 Å². The first-order valence-corrected chi connectivity index (χ1v) is 4.26. The van der Waals surface area contributed by atoms with Gasteiger partial charge in [-0.3, -0.25) is 20.0 Å². The zero-order valence-electron chi connectivity index (χ0n) is 7.93. The van der Waals surface area contributed by atoms with Crippen LogP contribution >= 0.6 is 0 Å². The van der Waals surface area contributed by atoms with Crippen molar-refractivity contribution in [1.82, 2.24) is 10.4 Å². The summed E-state index contributed by atoms with van der Waals surface area (Å²) in [4.78, 5) is 21.2. The zero-order valence-corrected chi connectivity index (χ0v) is 7.93. The molecule has 1 aromatic rings. The number of carbonyl (C=O) groups excluding carboxylic acids is 2. The Morgan fingerprint density at radius 2 is 2.07 bits per heavy atom. The molecule has 1 rings (SSSR count). The predicted octanol–water partition coefficient (Wildman–Crippen LogP) is 0.696. The van der Waals surface area contributed by atoms with Gasteiger partial charge in [0.15, 0.2) is 0 Å². The van der Waals surface area contributed by atoms with Gasteiger partial charge in [0.2, 0.25) is 12.3 Å². The van der Waals surface area contributed by atoms with Gasteiger partial charge in [-0.1, -0.05) is 30.3 Å². The molecule has 0 bridgehead atoms. The van der Waals surface area contributed by atoms with Crippen molar-refractivity contribution in [3.8, 4) is 0 Å². The first kappa shape index (κ1) is 10.2. The van der Waals surface area contributed by atoms with E-state index in [1.807, 2.05) is 30.3 Å². The van der Waals surface area contributed by atoms with Gasteiger partial charge in [-0.05, 0) is 5.56 Å². The van der Waals surface area contributed by atoms with Crippen LogP contribution in [0.2, 0.25) is 0 Å². The summed E-state index contributed by atoms with van der Waals surface area (Å²) in [6, 6.07) is 9.45. The summed E-state index contributed by atoms with van der Waals surface area (Å²) in [5.41, 5.74) is 3.30. The minimum atomic E-state index is -0.194. The molecule has 0 unspecified atom stereocenters. The molecule has 0 aromatic heterocycles. The normalized spacial score (nSPS) is 9.21. The molecule has 1 N–H and O–H groups in total. The molecule has 0 atom stereocenters. The van der Waals surface area contributed by atoms with Crippen molar-refractivity contribution < 1.29 is 9.59 Å². The highest BCUT2D eigenvalue weighted by atomic mass is 16.2. The van der Waals surface area contributed by atoms with Gasteiger partial charge in [-0.2, -0.15) is 0 Å². The molecule has 4 nitrogen and oxygen atoms in total. The van der Waals surface area contributed by atoms with E-state index in [0.29, 0.717) is 13.0 Å². The van der Waals surface area contributed by atoms with Crippen molar-refractivity contribution in [2.75, 3.05) is 0 Å². The minimum absolute atomic E-state index is 0.194. The average Bonchev–Trinajstić information content (AvgIpc) is 2.18. The Kier molecular flexibility index (Phi) is 3.67. The molecule has 1 aromatic carbocycles. The van der Waals surface area contributed by atoms with Crippen molar-refractivity contribution in [3.63, 3.8) is 0 Å². The second-order valence-electron chi connectivity index (χ2n) is 2.84. The van der Waals surface area contributed by atoms with E-state index >= 15 is 0 Å². The number of amides is 2. The number of rotatable bonds is 4. The van der Waals surface area contributed by atoms with Crippen molar-refractivity contribution in [3.05, 3.63) is 35.9 Å². The maximum Gasteiger partial charge on any atom is 0.238 e. The zero-order chi connectivity index (χ0) is 10.4. The Morgan fingerprint density at radius 3 is 2.57 bits per heavy atom. The summed E-state index contributed by atoms with van der Waals surface area (Å²) in [7, 11) is 0. The van der Waals surface area contributed by atoms with E-state index in [-0.39, 0.29) is 5.91 Å². The maximum atomic E-state index is 11.0. The Morgan fingerprint density at radius 1 is 1.43 bits per heavy atom. The van der Waals surface area contributed by atoms with E-state index in [9.17, 15) is 9.59 Å². The van der Waals surface area contributed by atoms with Crippen molar-refractivity contribution in [1.29, 1.82) is 0 Å². The summed E-state index contributed by atoms with van der Waals surface area (Å²) < 4.78 is 0. The molecule has 0 aliphatic carbocycles. The minimum Gasteiger partial charge on any atom is -0.277 e. The predicted molar refractivity (Wildman–Crippen MR) is 51.9 cm³/mol. The average molecular weight is 192 g/mol. The third-order valence-electron chi connectivity index (χ3n) is 1.77. The Balaban J connectivity index is 2.64. The maximum absolute atomic E-state index is 11.0. The largest absolute Gasteiger partial charge is 0.277 e. The highest BCUT2D eigenvalue weighted by Gasteiger charge is 2.06. The number of hydrogen-bond acceptors (Lipinski definition) is 2. The lowest BCUT2D eigenvalue weighted by Crippen LogP contribution is -2.39. The van der Waals surface area contributed by atoms with Gasteiger partial charge in [-0.15, -0.1) is 0 Å². The number of carbonyl (C=O) groups is 2. The molecule has 0 fully saturated rings. The Hall–Kier alpha value is -1.84. The number of hydrazine groups is 1. The highest BCUT2D eigenvalue weighted by Crippen LogP contribution is 2.01. The molecule has 0 aliphatic heterocycles. The van der Waals surface area contributed by atoms with Gasteiger partial charge in [0.25, 0.3) is 0 Å². The van der Waals surface area contributed by atoms with Crippen molar-refractivity contribution in [2.24, 2.45) is 0 Å². The van der Waals surface area contributed by atoms with Gasteiger partial charge in [0.1, 0.15) is 0 Å². The van der Waals surface area contributed by atoms with Crippen molar-refractivity contribution in [2.45, 2.75) is 13.5 Å². The van der Waals surface area contributed by atoms with E-state index < -0.39 is 0 Å². The van der Waals surface area contributed by atoms with Crippen LogP contribution in [0.1, 0.15) is 12.5 Å². The van der Waals surface area contributed by atoms with E-state index in [2.05, 4.69) is 5.43 Å². The number of nitrogens with zero attached hydrogens (tertiary/aromatic N) is 1. The summed E-state index contributed by atoms with van der Waals surface area (Å²) in [5.74, 6) is -0.194. The van der Waals surface area contributed by atoms with E-state index in [4.69, 9.17) is 0 Å². The van der Waals surface area contributed by atoms with Crippen LogP contribution in [-0.4, -0.2) is 17.3 Å². The summed E-state index contributed by atoms with van der Waals surface area (Å²) in [5, 5.41) is 1.25. The lowest BCUT2D eigenvalue weighted by atomic mass is 10.2. The Labute approximate surface area is 82.5 Å². The summed E-state index contributed by atoms with van der Waals surface area (Å²) in [6.45, 7) is 1.79. The van der Waals surface area contributed by atoms with Crippen LogP contribution in [0.3, 0.4) is 0 Å². The van der Waals surface area contributed by atoms with Crippen LogP contribution in [0.5, 0.6) is 0 Å². The van der Waals surface area contributed by atoms with Crippen LogP contribution in [0.15, 0.2) is 30.3 Å². The van der Waals surface area contributed by atoms with Gasteiger partial charge in [-0.25, -0.2) is 0 Å². The SMILES string of the molecule is CC(=O)N(Cc1ccccc1)NC=O. The van der Waals surface area contributed by atoms with Gasteiger partial charge in [0, 0.05) is 6.92 Å². The first-order chi connectivity index (χ1) is 6.74. The fourth-order valence-electron chi connectivity index (χ4n) is 1.08. The van der Waals surface area contributed by atoms with Gasteiger partial charge in [0.05, 0.1) is 6.54 Å². The molecule has 2 amide bonds. The molecule has 0 aliphatic rings. The van der Waals surface area contributed by atoms with E-state index in [1.54, 1.807) is 0 Å². The number of nitrogens with one attached hydrogen (secondary N) is 1. The molecule has 4 heteroatoms. The lowest BCUT2D eigenvalue weighted by molar-refractivity contribution is -0.136. The van der Waals surface area contributed by atoms with Crippen LogP contribution in [-0.2, 0) is 16.1 Å². The topological polar surface area (TPSA) is 49.4 Å². The van der Waals surface area contributed by atoms with Crippen LogP contribution in [0.25, 0.3) is 0 Å². The third-order valence-corrected chi connectivity index (χ3v) is 1.77. The molecule has 0 saturated heterocycles. The van der Waals surface area contributed by atoms with Crippen LogP contribution in [0.4, 0.5) is 0 Å².